The van der Waals surface area contributed by atoms with Crippen LogP contribution in [-0.4, -0.2) is 69.5 Å². The average molecular weight is 415 g/mol. The molecule has 0 aliphatic heterocycles. The van der Waals surface area contributed by atoms with Crippen LogP contribution >= 0.6 is 11.8 Å². The number of amides is 2. The summed E-state index contributed by atoms with van der Waals surface area (Å²) in [7, 11) is 0. The van der Waals surface area contributed by atoms with Crippen LogP contribution in [0.15, 0.2) is 12.5 Å². The molecule has 2 amide bonds. The number of carbonyl (C=O) groups excluding carboxylic acids is 2. The van der Waals surface area contributed by atoms with Gasteiger partial charge in [0.05, 0.1) is 12.4 Å². The number of nitrogens with zero attached hydrogens (tertiary/aromatic N) is 1. The maximum absolute atomic E-state index is 12.7. The van der Waals surface area contributed by atoms with Crippen LogP contribution in [-0.2, 0) is 20.8 Å². The van der Waals surface area contributed by atoms with E-state index in [1.54, 1.807) is 0 Å². The van der Waals surface area contributed by atoms with Gasteiger partial charge in [0.1, 0.15) is 12.1 Å². The lowest BCUT2D eigenvalue weighted by Gasteiger charge is -2.22. The second kappa shape index (κ2) is 13.1. The van der Waals surface area contributed by atoms with E-state index in [0.717, 1.165) is 6.42 Å². The number of nitrogens with two attached hydrogens (primary N) is 2. The Kier molecular flexibility index (Phi) is 11.2. The van der Waals surface area contributed by atoms with Crippen LogP contribution in [0.4, 0.5) is 0 Å². The average Bonchev–Trinajstić information content (AvgIpc) is 3.17. The van der Waals surface area contributed by atoms with Crippen molar-refractivity contribution in [3.8, 4) is 0 Å². The normalized spacial score (nSPS) is 14.1. The van der Waals surface area contributed by atoms with E-state index in [0.29, 0.717) is 30.8 Å². The molecule has 1 aromatic heterocycles. The second-order valence-corrected chi connectivity index (χ2v) is 7.40. The largest absolute Gasteiger partial charge is 0.480 e. The molecule has 3 unspecified atom stereocenters. The van der Waals surface area contributed by atoms with Crippen LogP contribution in [0.25, 0.3) is 0 Å². The molecule has 8 N–H and O–H groups in total. The molecule has 0 aromatic carbocycles. The lowest BCUT2D eigenvalue weighted by atomic mass is 10.1. The van der Waals surface area contributed by atoms with Crippen LogP contribution < -0.4 is 22.1 Å². The van der Waals surface area contributed by atoms with Crippen LogP contribution in [0.3, 0.4) is 0 Å². The van der Waals surface area contributed by atoms with E-state index in [-0.39, 0.29) is 12.8 Å². The minimum atomic E-state index is -1.12. The Labute approximate surface area is 168 Å². The number of hydrogen-bond acceptors (Lipinski definition) is 7. The van der Waals surface area contributed by atoms with Gasteiger partial charge in [-0.2, -0.15) is 11.8 Å². The molecule has 1 rings (SSSR count). The second-order valence-electron chi connectivity index (χ2n) is 6.41. The summed E-state index contributed by atoms with van der Waals surface area (Å²) in [5.74, 6) is -1.58. The van der Waals surface area contributed by atoms with E-state index in [2.05, 4.69) is 20.6 Å². The number of aliphatic carboxylic acids is 1. The Bertz CT molecular complexity index is 613. The summed E-state index contributed by atoms with van der Waals surface area (Å²) in [5, 5.41) is 14.5. The van der Waals surface area contributed by atoms with Gasteiger partial charge in [-0.25, -0.2) is 9.78 Å². The van der Waals surface area contributed by atoms with Crippen molar-refractivity contribution in [3.05, 3.63) is 18.2 Å². The van der Waals surface area contributed by atoms with E-state index in [9.17, 15) is 19.5 Å². The van der Waals surface area contributed by atoms with Gasteiger partial charge in [0.25, 0.3) is 0 Å². The number of H-pyrrole nitrogens is 1. The third-order valence-corrected chi connectivity index (χ3v) is 4.79. The summed E-state index contributed by atoms with van der Waals surface area (Å²) in [6.07, 6.45) is 7.20. The van der Waals surface area contributed by atoms with Crippen molar-refractivity contribution in [1.29, 1.82) is 0 Å². The Morgan fingerprint density at radius 3 is 2.50 bits per heavy atom. The van der Waals surface area contributed by atoms with Crippen molar-refractivity contribution in [1.82, 2.24) is 20.6 Å². The summed E-state index contributed by atoms with van der Waals surface area (Å²) >= 11 is 1.49. The standard InChI is InChI=1S/C17H30N6O4S/c1-28-7-5-13(17(26)27)22-16(25)14(8-11-9-20-10-21-11)23-15(24)12(19)4-2-3-6-18/h9-10,12-14H,2-8,18-19H2,1H3,(H,20,21)(H,22,25)(H,23,24)(H,26,27). The number of aromatic nitrogens is 2. The van der Waals surface area contributed by atoms with Gasteiger partial charge in [-0.15, -0.1) is 0 Å². The minimum absolute atomic E-state index is 0.141. The first-order chi connectivity index (χ1) is 13.4. The molecule has 0 spiro atoms. The zero-order chi connectivity index (χ0) is 20.9. The highest BCUT2D eigenvalue weighted by atomic mass is 32.2. The van der Waals surface area contributed by atoms with E-state index in [1.165, 1.54) is 24.3 Å². The lowest BCUT2D eigenvalue weighted by Crippen LogP contribution is -2.55. The van der Waals surface area contributed by atoms with Crippen molar-refractivity contribution in [3.63, 3.8) is 0 Å². The highest BCUT2D eigenvalue weighted by Gasteiger charge is 2.28. The first kappa shape index (κ1) is 23.9. The predicted octanol–water partition coefficient (Wildman–Crippen LogP) is -0.784. The van der Waals surface area contributed by atoms with Crippen molar-refractivity contribution < 1.29 is 19.5 Å². The molecule has 28 heavy (non-hydrogen) atoms. The van der Waals surface area contributed by atoms with Gasteiger partial charge in [-0.05, 0) is 37.8 Å². The van der Waals surface area contributed by atoms with E-state index < -0.39 is 35.9 Å². The molecule has 0 saturated carbocycles. The molecular formula is C17H30N6O4S. The van der Waals surface area contributed by atoms with E-state index in [1.807, 2.05) is 6.26 Å². The van der Waals surface area contributed by atoms with Crippen LogP contribution in [0.2, 0.25) is 0 Å². The minimum Gasteiger partial charge on any atom is -0.480 e. The monoisotopic (exact) mass is 414 g/mol. The topological polar surface area (TPSA) is 176 Å². The number of unbranched alkanes of at least 4 members (excludes halogenated alkanes) is 1. The third kappa shape index (κ3) is 8.72. The molecule has 1 heterocycles. The number of nitrogens with one attached hydrogen (secondary N) is 3. The van der Waals surface area contributed by atoms with Crippen LogP contribution in [0, 0.1) is 0 Å². The van der Waals surface area contributed by atoms with Crippen LogP contribution in [0.5, 0.6) is 0 Å². The highest BCUT2D eigenvalue weighted by molar-refractivity contribution is 7.98. The number of hydrogen-bond donors (Lipinski definition) is 6. The zero-order valence-corrected chi connectivity index (χ0v) is 16.8. The highest BCUT2D eigenvalue weighted by Crippen LogP contribution is 2.05. The van der Waals surface area contributed by atoms with Gasteiger partial charge < -0.3 is 32.2 Å². The molecule has 11 heteroatoms. The number of thioether (sulfide) groups is 1. The van der Waals surface area contributed by atoms with E-state index in [4.69, 9.17) is 11.5 Å². The summed E-state index contributed by atoms with van der Waals surface area (Å²) in [5.41, 5.74) is 12.0. The molecule has 1 aromatic rings. The Morgan fingerprint density at radius 1 is 1.21 bits per heavy atom. The quantitative estimate of drug-likeness (QED) is 0.215. The number of carboxylic acid groups (broad SMARTS) is 1. The maximum Gasteiger partial charge on any atom is 0.326 e. The molecule has 0 saturated heterocycles. The molecule has 158 valence electrons. The molecule has 0 aliphatic carbocycles. The summed E-state index contributed by atoms with van der Waals surface area (Å²) in [6, 6.07) is -2.76. The smallest absolute Gasteiger partial charge is 0.326 e. The molecule has 0 aliphatic rings. The Hall–Kier alpha value is -2.11. The number of carboxylic acids is 1. The fourth-order valence-corrected chi connectivity index (χ4v) is 2.98. The molecule has 10 nitrogen and oxygen atoms in total. The first-order valence-corrected chi connectivity index (χ1v) is 10.5. The Morgan fingerprint density at radius 2 is 1.93 bits per heavy atom. The predicted molar refractivity (Wildman–Crippen MR) is 108 cm³/mol. The van der Waals surface area contributed by atoms with Gasteiger partial charge in [0.15, 0.2) is 0 Å². The van der Waals surface area contributed by atoms with Crippen molar-refractivity contribution in [2.45, 2.75) is 50.2 Å². The van der Waals surface area contributed by atoms with E-state index >= 15 is 0 Å². The number of carbonyl (C=O) groups is 3. The number of imidazole rings is 1. The van der Waals surface area contributed by atoms with Crippen LogP contribution in [0.1, 0.15) is 31.4 Å². The van der Waals surface area contributed by atoms with Gasteiger partial charge in [-0.3, -0.25) is 9.59 Å². The molecular weight excluding hydrogens is 384 g/mol. The third-order valence-electron chi connectivity index (χ3n) is 4.14. The lowest BCUT2D eigenvalue weighted by molar-refractivity contribution is -0.142. The Balaban J connectivity index is 2.78. The number of aromatic amines is 1. The van der Waals surface area contributed by atoms with Crippen molar-refractivity contribution in [2.24, 2.45) is 11.5 Å². The zero-order valence-electron chi connectivity index (χ0n) is 16.0. The molecule has 0 fully saturated rings. The maximum atomic E-state index is 12.7. The summed E-state index contributed by atoms with van der Waals surface area (Å²) in [6.45, 7) is 0.520. The fourth-order valence-electron chi connectivity index (χ4n) is 2.51. The molecule has 0 bridgehead atoms. The first-order valence-electron chi connectivity index (χ1n) is 9.14. The van der Waals surface area contributed by atoms with Gasteiger partial charge in [-0.1, -0.05) is 6.42 Å². The molecule has 0 radical (unpaired) electrons. The van der Waals surface area contributed by atoms with Gasteiger partial charge in [0.2, 0.25) is 11.8 Å². The van der Waals surface area contributed by atoms with Crippen molar-refractivity contribution in [2.75, 3.05) is 18.6 Å². The SMILES string of the molecule is CSCCC(NC(=O)C(Cc1cnc[nH]1)NC(=O)C(N)CCCCN)C(=O)O. The molecule has 3 atom stereocenters. The van der Waals surface area contributed by atoms with Crippen molar-refractivity contribution >= 4 is 29.5 Å². The van der Waals surface area contributed by atoms with Gasteiger partial charge >= 0.3 is 5.97 Å². The fraction of sp³-hybridized carbons (Fsp3) is 0.647. The summed E-state index contributed by atoms with van der Waals surface area (Å²) < 4.78 is 0. The number of rotatable bonds is 14. The summed E-state index contributed by atoms with van der Waals surface area (Å²) in [4.78, 5) is 43.2. The van der Waals surface area contributed by atoms with Gasteiger partial charge in [0, 0.05) is 18.3 Å².